The monoisotopic (exact) mass is 264 g/mol. The molecule has 0 saturated carbocycles. The van der Waals surface area contributed by atoms with Crippen molar-refractivity contribution >= 4 is 16.0 Å². The molecule has 17 heavy (non-hydrogen) atoms. The van der Waals surface area contributed by atoms with E-state index >= 15 is 0 Å². The van der Waals surface area contributed by atoms with E-state index in [1.165, 1.54) is 14.0 Å². The van der Waals surface area contributed by atoms with Crippen molar-refractivity contribution in [3.63, 3.8) is 0 Å². The molecule has 2 unspecified atom stereocenters. The van der Waals surface area contributed by atoms with E-state index in [-0.39, 0.29) is 6.04 Å². The second kappa shape index (κ2) is 5.79. The molecule has 0 aliphatic carbocycles. The van der Waals surface area contributed by atoms with Gasteiger partial charge in [0.05, 0.1) is 0 Å². The number of hydrogen-bond donors (Lipinski definition) is 2. The van der Waals surface area contributed by atoms with Crippen LogP contribution in [0.5, 0.6) is 0 Å². The maximum Gasteiger partial charge on any atom is 0.323 e. The number of likely N-dealkylation sites (N-methyl/N-ethyl adjacent to an activating group) is 1. The van der Waals surface area contributed by atoms with Gasteiger partial charge in [-0.05, 0) is 26.3 Å². The minimum absolute atomic E-state index is 0.129. The van der Waals surface area contributed by atoms with Crippen LogP contribution in [0.2, 0.25) is 0 Å². The molecule has 0 aromatic rings. The molecule has 0 spiro atoms. The first kappa shape index (κ1) is 14.4. The fourth-order valence-corrected chi connectivity index (χ4v) is 3.07. The fraction of sp³-hybridized carbons (Fsp3) is 0.900. The average Bonchev–Trinajstić information content (AvgIpc) is 2.29. The molecule has 7 heteroatoms. The van der Waals surface area contributed by atoms with Crippen molar-refractivity contribution in [2.45, 2.75) is 37.5 Å². The lowest BCUT2D eigenvalue weighted by atomic mass is 10.1. The zero-order valence-corrected chi connectivity index (χ0v) is 11.0. The topological polar surface area (TPSA) is 86.7 Å². The molecule has 1 rings (SSSR count). The number of rotatable bonds is 5. The third-order valence-corrected chi connectivity index (χ3v) is 5.23. The second-order valence-electron chi connectivity index (χ2n) is 4.45. The van der Waals surface area contributed by atoms with Crippen LogP contribution in [0.1, 0.15) is 26.2 Å². The van der Waals surface area contributed by atoms with Crippen molar-refractivity contribution in [3.05, 3.63) is 0 Å². The molecule has 100 valence electrons. The Bertz CT molecular complexity index is 363. The third-order valence-electron chi connectivity index (χ3n) is 3.12. The minimum Gasteiger partial charge on any atom is -0.480 e. The Balaban J connectivity index is 2.62. The van der Waals surface area contributed by atoms with E-state index in [9.17, 15) is 13.2 Å². The summed E-state index contributed by atoms with van der Waals surface area (Å²) in [6, 6.07) is 0.129. The maximum absolute atomic E-state index is 11.9. The Labute approximate surface area is 102 Å². The first-order chi connectivity index (χ1) is 7.85. The molecule has 6 nitrogen and oxygen atoms in total. The maximum atomic E-state index is 11.9. The number of carboxylic acid groups (broad SMARTS) is 1. The third kappa shape index (κ3) is 3.65. The average molecular weight is 264 g/mol. The normalized spacial score (nSPS) is 23.6. The summed E-state index contributed by atoms with van der Waals surface area (Å²) in [4.78, 5) is 10.7. The van der Waals surface area contributed by atoms with Crippen molar-refractivity contribution in [3.8, 4) is 0 Å². The van der Waals surface area contributed by atoms with Crippen molar-refractivity contribution in [1.29, 1.82) is 0 Å². The van der Waals surface area contributed by atoms with E-state index in [1.807, 2.05) is 0 Å². The minimum atomic E-state index is -3.74. The van der Waals surface area contributed by atoms with Crippen LogP contribution in [-0.4, -0.2) is 55.2 Å². The Hall–Kier alpha value is -0.660. The zero-order chi connectivity index (χ0) is 13.1. The molecule has 0 bridgehead atoms. The molecule has 1 fully saturated rings. The highest BCUT2D eigenvalue weighted by Crippen LogP contribution is 2.12. The van der Waals surface area contributed by atoms with Gasteiger partial charge in [0.1, 0.15) is 0 Å². The summed E-state index contributed by atoms with van der Waals surface area (Å²) >= 11 is 0. The summed E-state index contributed by atoms with van der Waals surface area (Å²) in [5, 5.41) is 10.6. The number of carbonyl (C=O) groups is 1. The van der Waals surface area contributed by atoms with Crippen molar-refractivity contribution in [2.24, 2.45) is 0 Å². The number of carboxylic acids is 1. The Morgan fingerprint density at radius 1 is 1.53 bits per heavy atom. The molecule has 0 amide bonds. The summed E-state index contributed by atoms with van der Waals surface area (Å²) in [6.45, 7) is 2.43. The van der Waals surface area contributed by atoms with Crippen molar-refractivity contribution < 1.29 is 18.3 Å². The lowest BCUT2D eigenvalue weighted by Gasteiger charge is -2.28. The molecule has 1 aliphatic rings. The summed E-state index contributed by atoms with van der Waals surface area (Å²) in [5.74, 6) is -1.31. The van der Waals surface area contributed by atoms with Crippen molar-refractivity contribution in [2.75, 3.05) is 20.1 Å². The molecular formula is C10H20N2O4S. The molecule has 1 heterocycles. The zero-order valence-electron chi connectivity index (χ0n) is 10.2. The van der Waals surface area contributed by atoms with Crippen molar-refractivity contribution in [1.82, 2.24) is 9.62 Å². The Morgan fingerprint density at radius 2 is 2.18 bits per heavy atom. The van der Waals surface area contributed by atoms with Crippen LogP contribution in [0.4, 0.5) is 0 Å². The quantitative estimate of drug-likeness (QED) is 0.722. The smallest absolute Gasteiger partial charge is 0.323 e. The highest BCUT2D eigenvalue weighted by molar-refractivity contribution is 7.90. The number of piperidine rings is 1. The predicted octanol–water partition coefficient (Wildman–Crippen LogP) is -0.137. The largest absolute Gasteiger partial charge is 0.480 e. The van der Waals surface area contributed by atoms with Crippen LogP contribution >= 0.6 is 0 Å². The van der Waals surface area contributed by atoms with Gasteiger partial charge in [0.25, 0.3) is 0 Å². The second-order valence-corrected chi connectivity index (χ2v) is 6.81. The first-order valence-corrected chi connectivity index (χ1v) is 7.27. The molecule has 0 aromatic carbocycles. The van der Waals surface area contributed by atoms with E-state index in [0.29, 0.717) is 6.54 Å². The van der Waals surface area contributed by atoms with Gasteiger partial charge in [0, 0.05) is 19.6 Å². The van der Waals surface area contributed by atoms with Gasteiger partial charge in [-0.1, -0.05) is 6.42 Å². The van der Waals surface area contributed by atoms with Gasteiger partial charge in [-0.3, -0.25) is 4.79 Å². The van der Waals surface area contributed by atoms with E-state index in [4.69, 9.17) is 5.11 Å². The predicted molar refractivity (Wildman–Crippen MR) is 64.3 cm³/mol. The fourth-order valence-electron chi connectivity index (χ4n) is 1.89. The molecular weight excluding hydrogens is 244 g/mol. The van der Waals surface area contributed by atoms with Crippen LogP contribution in [-0.2, 0) is 14.8 Å². The van der Waals surface area contributed by atoms with E-state index < -0.39 is 21.2 Å². The summed E-state index contributed by atoms with van der Waals surface area (Å²) in [6.07, 6.45) is 3.12. The van der Waals surface area contributed by atoms with Gasteiger partial charge in [-0.25, -0.2) is 12.7 Å². The van der Waals surface area contributed by atoms with E-state index in [1.54, 1.807) is 0 Å². The lowest BCUT2D eigenvalue weighted by Crippen LogP contribution is -2.47. The Morgan fingerprint density at radius 3 is 2.65 bits per heavy atom. The summed E-state index contributed by atoms with van der Waals surface area (Å²) in [5.41, 5.74) is 0. The molecule has 2 atom stereocenters. The van der Waals surface area contributed by atoms with Gasteiger partial charge >= 0.3 is 5.97 Å². The van der Waals surface area contributed by atoms with Crippen LogP contribution in [0.15, 0.2) is 0 Å². The Kier molecular flexibility index (Phi) is 4.91. The lowest BCUT2D eigenvalue weighted by molar-refractivity contribution is -0.136. The van der Waals surface area contributed by atoms with Gasteiger partial charge in [0.2, 0.25) is 10.0 Å². The molecule has 0 radical (unpaired) electrons. The number of hydrogen-bond acceptors (Lipinski definition) is 4. The number of sulfonamides is 1. The van der Waals surface area contributed by atoms with Crippen LogP contribution < -0.4 is 5.32 Å². The van der Waals surface area contributed by atoms with Crippen LogP contribution in [0, 0.1) is 0 Å². The number of aliphatic carboxylic acids is 1. The van der Waals surface area contributed by atoms with Gasteiger partial charge in [0.15, 0.2) is 5.25 Å². The summed E-state index contributed by atoms with van der Waals surface area (Å²) < 4.78 is 24.9. The SMILES string of the molecule is CC(C(=O)O)S(=O)(=O)N(C)CC1CCCCN1. The molecule has 1 aliphatic heterocycles. The number of nitrogens with one attached hydrogen (secondary N) is 1. The van der Waals surface area contributed by atoms with Crippen LogP contribution in [0.3, 0.4) is 0 Å². The summed E-state index contributed by atoms with van der Waals surface area (Å²) in [7, 11) is -2.31. The van der Waals surface area contributed by atoms with Gasteiger partial charge in [-0.2, -0.15) is 0 Å². The van der Waals surface area contributed by atoms with Gasteiger partial charge in [-0.15, -0.1) is 0 Å². The van der Waals surface area contributed by atoms with E-state index in [0.717, 1.165) is 30.1 Å². The van der Waals surface area contributed by atoms with Crippen LogP contribution in [0.25, 0.3) is 0 Å². The standard InChI is InChI=1S/C10H20N2O4S/c1-8(10(13)14)17(15,16)12(2)7-9-5-3-4-6-11-9/h8-9,11H,3-7H2,1-2H3,(H,13,14). The number of nitrogens with zero attached hydrogens (tertiary/aromatic N) is 1. The highest BCUT2D eigenvalue weighted by Gasteiger charge is 2.32. The highest BCUT2D eigenvalue weighted by atomic mass is 32.2. The van der Waals surface area contributed by atoms with E-state index in [2.05, 4.69) is 5.32 Å². The first-order valence-electron chi connectivity index (χ1n) is 5.77. The molecule has 0 aromatic heterocycles. The molecule has 1 saturated heterocycles. The molecule has 2 N–H and O–H groups in total. The van der Waals surface area contributed by atoms with Gasteiger partial charge < -0.3 is 10.4 Å².